The van der Waals surface area contributed by atoms with Crippen LogP contribution in [0.15, 0.2) is 6.20 Å². The number of fused-ring (bicyclic) bond motifs is 1. The van der Waals surface area contributed by atoms with E-state index in [2.05, 4.69) is 33.3 Å². The minimum absolute atomic E-state index is 0.267. The Morgan fingerprint density at radius 2 is 2.13 bits per heavy atom. The first-order valence-electron chi connectivity index (χ1n) is 10.2. The normalized spacial score (nSPS) is 19.3. The van der Waals surface area contributed by atoms with E-state index in [0.29, 0.717) is 47.6 Å². The summed E-state index contributed by atoms with van der Waals surface area (Å²) in [5.41, 5.74) is 9.17. The Bertz CT molecular complexity index is 1170. The lowest BCUT2D eigenvalue weighted by molar-refractivity contribution is -0.0287. The SMILES string of the molecule is Cc1nn(C2COC2)cc1Nc1nc(N)c2c(C#N)c(N3CCC[C@H]3C)n(C)c2n1. The summed E-state index contributed by atoms with van der Waals surface area (Å²) in [4.78, 5) is 11.4. The molecule has 0 amide bonds. The van der Waals surface area contributed by atoms with Gasteiger partial charge in [0, 0.05) is 25.8 Å². The van der Waals surface area contributed by atoms with Gasteiger partial charge in [-0.2, -0.15) is 20.3 Å². The lowest BCUT2D eigenvalue weighted by Gasteiger charge is -2.25. The molecule has 3 aromatic heterocycles. The van der Waals surface area contributed by atoms with Gasteiger partial charge in [0.2, 0.25) is 5.95 Å². The topological polar surface area (TPSA) is 123 Å². The molecule has 0 spiro atoms. The van der Waals surface area contributed by atoms with Crippen molar-refractivity contribution in [1.29, 1.82) is 5.26 Å². The van der Waals surface area contributed by atoms with Gasteiger partial charge in [-0.1, -0.05) is 0 Å². The van der Waals surface area contributed by atoms with Crippen molar-refractivity contribution in [2.45, 2.75) is 38.8 Å². The molecule has 2 saturated heterocycles. The Morgan fingerprint density at radius 3 is 2.77 bits per heavy atom. The predicted octanol–water partition coefficient (Wildman–Crippen LogP) is 2.23. The van der Waals surface area contributed by atoms with Gasteiger partial charge in [0.05, 0.1) is 36.0 Å². The highest BCUT2D eigenvalue weighted by atomic mass is 16.5. The van der Waals surface area contributed by atoms with Gasteiger partial charge >= 0.3 is 0 Å². The Hall–Kier alpha value is -3.32. The summed E-state index contributed by atoms with van der Waals surface area (Å²) in [6.07, 6.45) is 4.15. The number of hydrogen-bond acceptors (Lipinski definition) is 8. The summed E-state index contributed by atoms with van der Waals surface area (Å²) in [6, 6.07) is 2.98. The number of anilines is 4. The van der Waals surface area contributed by atoms with Crippen LogP contribution in [0.1, 0.15) is 37.1 Å². The molecule has 5 heterocycles. The van der Waals surface area contributed by atoms with Crippen molar-refractivity contribution in [3.05, 3.63) is 17.5 Å². The minimum Gasteiger partial charge on any atom is -0.383 e. The van der Waals surface area contributed by atoms with Gasteiger partial charge in [0.1, 0.15) is 28.9 Å². The van der Waals surface area contributed by atoms with Crippen LogP contribution >= 0.6 is 0 Å². The van der Waals surface area contributed by atoms with E-state index in [-0.39, 0.29) is 6.04 Å². The maximum absolute atomic E-state index is 9.89. The molecule has 3 aromatic rings. The number of rotatable bonds is 4. The van der Waals surface area contributed by atoms with Crippen molar-refractivity contribution < 1.29 is 4.74 Å². The number of hydrogen-bond donors (Lipinski definition) is 2. The van der Waals surface area contributed by atoms with Gasteiger partial charge in [-0.15, -0.1) is 0 Å². The second-order valence-electron chi connectivity index (χ2n) is 8.11. The van der Waals surface area contributed by atoms with E-state index in [4.69, 9.17) is 15.5 Å². The molecule has 0 unspecified atom stereocenters. The van der Waals surface area contributed by atoms with Crippen molar-refractivity contribution in [2.75, 3.05) is 35.7 Å². The van der Waals surface area contributed by atoms with E-state index >= 15 is 0 Å². The zero-order valence-corrected chi connectivity index (χ0v) is 17.4. The third-order valence-electron chi connectivity index (χ3n) is 6.12. The van der Waals surface area contributed by atoms with E-state index in [0.717, 1.165) is 36.6 Å². The highest BCUT2D eigenvalue weighted by Crippen LogP contribution is 2.37. The summed E-state index contributed by atoms with van der Waals surface area (Å²) in [5.74, 6) is 1.55. The Labute approximate surface area is 174 Å². The van der Waals surface area contributed by atoms with Crippen LogP contribution in [0.2, 0.25) is 0 Å². The lowest BCUT2D eigenvalue weighted by atomic mass is 10.2. The van der Waals surface area contributed by atoms with Gasteiger partial charge in [0.15, 0.2) is 0 Å². The number of nitriles is 1. The highest BCUT2D eigenvalue weighted by Gasteiger charge is 2.29. The fourth-order valence-electron chi connectivity index (χ4n) is 4.36. The first kappa shape index (κ1) is 18.7. The molecule has 10 heteroatoms. The van der Waals surface area contributed by atoms with Gasteiger partial charge in [-0.3, -0.25) is 4.68 Å². The van der Waals surface area contributed by atoms with E-state index < -0.39 is 0 Å². The molecule has 30 heavy (non-hydrogen) atoms. The number of nitrogens with one attached hydrogen (secondary N) is 1. The fraction of sp³-hybridized carbons (Fsp3) is 0.500. The molecule has 0 bridgehead atoms. The summed E-state index contributed by atoms with van der Waals surface area (Å²) < 4.78 is 9.12. The molecule has 10 nitrogen and oxygen atoms in total. The molecule has 2 fully saturated rings. The van der Waals surface area contributed by atoms with E-state index in [9.17, 15) is 5.26 Å². The Morgan fingerprint density at radius 1 is 1.33 bits per heavy atom. The van der Waals surface area contributed by atoms with Crippen LogP contribution < -0.4 is 16.0 Å². The zero-order valence-electron chi connectivity index (χ0n) is 17.4. The third-order valence-corrected chi connectivity index (χ3v) is 6.12. The van der Waals surface area contributed by atoms with E-state index in [1.54, 1.807) is 0 Å². The van der Waals surface area contributed by atoms with Crippen LogP contribution in [0.5, 0.6) is 0 Å². The number of nitrogens with zero attached hydrogens (tertiary/aromatic N) is 7. The van der Waals surface area contributed by atoms with E-state index in [1.165, 1.54) is 0 Å². The fourth-order valence-corrected chi connectivity index (χ4v) is 4.36. The molecular formula is C20H25N9O. The Balaban J connectivity index is 1.56. The lowest BCUT2D eigenvalue weighted by Crippen LogP contribution is -2.30. The molecule has 156 valence electrons. The molecule has 0 radical (unpaired) electrons. The van der Waals surface area contributed by atoms with E-state index in [1.807, 2.05) is 29.4 Å². The van der Waals surface area contributed by atoms with Crippen molar-refractivity contribution >= 4 is 34.3 Å². The number of ether oxygens (including phenoxy) is 1. The highest BCUT2D eigenvalue weighted by molar-refractivity contribution is 5.98. The largest absolute Gasteiger partial charge is 0.383 e. The second kappa shape index (κ2) is 6.88. The van der Waals surface area contributed by atoms with Crippen molar-refractivity contribution in [3.8, 4) is 6.07 Å². The van der Waals surface area contributed by atoms with Gasteiger partial charge in [0.25, 0.3) is 0 Å². The van der Waals surface area contributed by atoms with Gasteiger partial charge < -0.3 is 25.3 Å². The van der Waals surface area contributed by atoms with Crippen LogP contribution in [0.25, 0.3) is 11.0 Å². The summed E-state index contributed by atoms with van der Waals surface area (Å²) in [7, 11) is 1.93. The molecule has 0 aromatic carbocycles. The summed E-state index contributed by atoms with van der Waals surface area (Å²) in [6.45, 7) is 6.38. The Kier molecular flexibility index (Phi) is 4.29. The number of nitrogens with two attached hydrogens (primary N) is 1. The number of nitrogen functional groups attached to an aromatic ring is 1. The molecule has 5 rings (SSSR count). The molecule has 3 N–H and O–H groups in total. The molecule has 2 aliphatic rings. The molecular weight excluding hydrogens is 382 g/mol. The molecule has 0 aliphatic carbocycles. The zero-order chi connectivity index (χ0) is 21.0. The molecule has 0 saturated carbocycles. The monoisotopic (exact) mass is 407 g/mol. The van der Waals surface area contributed by atoms with Crippen LogP contribution in [0.4, 0.5) is 23.3 Å². The van der Waals surface area contributed by atoms with Crippen molar-refractivity contribution in [1.82, 2.24) is 24.3 Å². The minimum atomic E-state index is 0.267. The summed E-state index contributed by atoms with van der Waals surface area (Å²) >= 11 is 0. The van der Waals surface area contributed by atoms with Crippen molar-refractivity contribution in [2.24, 2.45) is 7.05 Å². The van der Waals surface area contributed by atoms with Crippen LogP contribution in [-0.4, -0.2) is 50.1 Å². The smallest absolute Gasteiger partial charge is 0.231 e. The van der Waals surface area contributed by atoms with Crippen LogP contribution in [0, 0.1) is 18.3 Å². The predicted molar refractivity (Wildman–Crippen MR) is 114 cm³/mol. The molecule has 2 aliphatic heterocycles. The third kappa shape index (κ3) is 2.77. The quantitative estimate of drug-likeness (QED) is 0.675. The average molecular weight is 407 g/mol. The summed E-state index contributed by atoms with van der Waals surface area (Å²) in [5, 5.41) is 18.3. The maximum atomic E-state index is 9.89. The van der Waals surface area contributed by atoms with Crippen LogP contribution in [0.3, 0.4) is 0 Å². The molecule has 1 atom stereocenters. The van der Waals surface area contributed by atoms with Crippen molar-refractivity contribution in [3.63, 3.8) is 0 Å². The number of aryl methyl sites for hydroxylation is 2. The average Bonchev–Trinajstić information content (AvgIpc) is 3.31. The van der Waals surface area contributed by atoms with Gasteiger partial charge in [-0.25, -0.2) is 0 Å². The maximum Gasteiger partial charge on any atom is 0.231 e. The standard InChI is InChI=1S/C20H25N9O/c1-11-5-4-6-28(11)19-14(7-21)16-17(22)24-20(25-18(16)27(19)3)23-15-8-29(26-12(15)2)13-9-30-10-13/h8,11,13H,4-6,9-10H2,1-3H3,(H3,22,23,24,25)/t11-/m1/s1. The second-order valence-corrected chi connectivity index (χ2v) is 8.11. The number of aromatic nitrogens is 5. The van der Waals surface area contributed by atoms with Gasteiger partial charge in [-0.05, 0) is 26.7 Å². The van der Waals surface area contributed by atoms with Crippen LogP contribution in [-0.2, 0) is 11.8 Å². The first-order valence-corrected chi connectivity index (χ1v) is 10.2. The first-order chi connectivity index (χ1) is 14.5.